The maximum Gasteiger partial charge on any atom is 0.306 e. The van der Waals surface area contributed by atoms with E-state index in [1.807, 2.05) is 54.7 Å². The molecule has 0 spiro atoms. The van der Waals surface area contributed by atoms with Gasteiger partial charge in [-0.25, -0.2) is 0 Å². The van der Waals surface area contributed by atoms with Crippen LogP contribution in [-0.2, 0) is 14.3 Å². The van der Waals surface area contributed by atoms with Gasteiger partial charge < -0.3 is 20.3 Å². The lowest BCUT2D eigenvalue weighted by atomic mass is 10.0. The lowest BCUT2D eigenvalue weighted by molar-refractivity contribution is -0.150. The number of carbonyl (C=O) groups excluding carboxylic acids is 2. The second kappa shape index (κ2) is 45.1. The molecule has 0 aromatic rings. The van der Waals surface area contributed by atoms with E-state index in [1.165, 1.54) is 96.3 Å². The summed E-state index contributed by atoms with van der Waals surface area (Å²) < 4.78 is 5.82. The number of amides is 1. The molecule has 0 aromatic carbocycles. The molecule has 0 aliphatic rings. The van der Waals surface area contributed by atoms with Gasteiger partial charge in [-0.3, -0.25) is 9.59 Å². The van der Waals surface area contributed by atoms with Crippen molar-refractivity contribution in [2.45, 2.75) is 225 Å². The second-order valence-corrected chi connectivity index (χ2v) is 15.9. The van der Waals surface area contributed by atoms with Gasteiger partial charge in [-0.15, -0.1) is 0 Å². The van der Waals surface area contributed by atoms with Gasteiger partial charge in [0.25, 0.3) is 0 Å². The second-order valence-electron chi connectivity index (χ2n) is 15.9. The molecule has 0 bridgehead atoms. The fraction of sp³-hybridized carbons (Fsp3) is 0.692. The molecule has 0 rings (SSSR count). The van der Waals surface area contributed by atoms with Crippen LogP contribution in [0.4, 0.5) is 0 Å². The van der Waals surface area contributed by atoms with Gasteiger partial charge in [0.05, 0.1) is 25.2 Å². The average molecular weight is 808 g/mol. The Morgan fingerprint density at radius 2 is 0.966 bits per heavy atom. The van der Waals surface area contributed by atoms with Crippen LogP contribution >= 0.6 is 0 Å². The first kappa shape index (κ1) is 55.0. The summed E-state index contributed by atoms with van der Waals surface area (Å²) >= 11 is 0. The normalized spacial score (nSPS) is 14.1. The molecule has 0 saturated heterocycles. The molecule has 3 N–H and O–H groups in total. The number of allylic oxidation sites excluding steroid dienone is 13. The summed E-state index contributed by atoms with van der Waals surface area (Å²) in [5, 5.41) is 23.5. The maximum absolute atomic E-state index is 13.1. The molecule has 0 saturated carbocycles. The highest BCUT2D eigenvalue weighted by molar-refractivity contribution is 5.77. The van der Waals surface area contributed by atoms with Crippen molar-refractivity contribution in [3.05, 3.63) is 85.1 Å². The zero-order valence-electron chi connectivity index (χ0n) is 37.6. The fourth-order valence-corrected chi connectivity index (χ4v) is 6.74. The Kier molecular flexibility index (Phi) is 42.8. The minimum Gasteiger partial charge on any atom is -0.461 e. The van der Waals surface area contributed by atoms with E-state index in [2.05, 4.69) is 56.5 Å². The number of ether oxygens (including phenoxy) is 1. The predicted octanol–water partition coefficient (Wildman–Crippen LogP) is 14.0. The molecule has 1 amide bonds. The summed E-state index contributed by atoms with van der Waals surface area (Å²) in [5.41, 5.74) is 0. The topological polar surface area (TPSA) is 95.9 Å². The predicted molar refractivity (Wildman–Crippen MR) is 250 cm³/mol. The fourth-order valence-electron chi connectivity index (χ4n) is 6.74. The summed E-state index contributed by atoms with van der Waals surface area (Å²) in [6.07, 6.45) is 58.1. The van der Waals surface area contributed by atoms with E-state index < -0.39 is 18.2 Å². The zero-order valence-corrected chi connectivity index (χ0v) is 37.6. The van der Waals surface area contributed by atoms with Crippen molar-refractivity contribution in [2.24, 2.45) is 0 Å². The Morgan fingerprint density at radius 3 is 1.47 bits per heavy atom. The Balaban J connectivity index is 4.69. The summed E-state index contributed by atoms with van der Waals surface area (Å²) in [6, 6.07) is -0.745. The molecule has 0 radical (unpaired) electrons. The first-order chi connectivity index (χ1) is 28.5. The molecule has 6 nitrogen and oxygen atoms in total. The SMILES string of the molecule is CC/C=C/C=C/C=C\C=C/C=C/CC(CC(=O)NC(CO)C(O)CCCCCCCCCCCC)OC(=O)CCCCCCC/C=C/C=C/CCCCCCCCC. The summed E-state index contributed by atoms with van der Waals surface area (Å²) in [4.78, 5) is 26.0. The smallest absolute Gasteiger partial charge is 0.306 e. The Morgan fingerprint density at radius 1 is 0.534 bits per heavy atom. The van der Waals surface area contributed by atoms with E-state index in [-0.39, 0.29) is 24.9 Å². The van der Waals surface area contributed by atoms with Crippen molar-refractivity contribution in [2.75, 3.05) is 6.61 Å². The summed E-state index contributed by atoms with van der Waals surface area (Å²) in [7, 11) is 0. The first-order valence-electron chi connectivity index (χ1n) is 23.9. The van der Waals surface area contributed by atoms with Crippen molar-refractivity contribution in [1.29, 1.82) is 0 Å². The molecule has 0 aliphatic heterocycles. The molecular formula is C52H89NO5. The standard InChI is InChI=1S/C52H89NO5/c1-4-7-10-13-16-19-22-23-24-25-26-27-28-30-33-36-39-42-45-52(57)58-48(43-40-37-34-31-29-20-17-14-11-8-5-2)46-51(56)53-49(47-54)50(55)44-41-38-35-32-21-18-15-12-9-6-3/h8,11,14,17,20,24-27,29,31,34,37,40,48-50,54-55H,4-7,9-10,12-13,15-16,18-19,21-23,28,30,32-33,35-36,38-39,41-47H2,1-3H3,(H,53,56)/b11-8+,17-14+,25-24+,27-26+,29-20-,34-31-,40-37+. The highest BCUT2D eigenvalue weighted by Crippen LogP contribution is 2.15. The van der Waals surface area contributed by atoms with Crippen LogP contribution < -0.4 is 5.32 Å². The van der Waals surface area contributed by atoms with Gasteiger partial charge in [-0.1, -0.05) is 228 Å². The number of esters is 1. The molecule has 3 unspecified atom stereocenters. The molecule has 332 valence electrons. The summed E-state index contributed by atoms with van der Waals surface area (Å²) in [6.45, 7) is 6.26. The van der Waals surface area contributed by atoms with Crippen LogP contribution in [0.25, 0.3) is 0 Å². The van der Waals surface area contributed by atoms with Crippen LogP contribution in [0.1, 0.15) is 207 Å². The van der Waals surface area contributed by atoms with Crippen LogP contribution in [0.15, 0.2) is 85.1 Å². The van der Waals surface area contributed by atoms with Gasteiger partial charge >= 0.3 is 5.97 Å². The minimum atomic E-state index is -0.822. The van der Waals surface area contributed by atoms with Crippen molar-refractivity contribution < 1.29 is 24.5 Å². The number of nitrogens with one attached hydrogen (secondary N) is 1. The monoisotopic (exact) mass is 808 g/mol. The van der Waals surface area contributed by atoms with Gasteiger partial charge in [-0.05, 0) is 44.9 Å². The number of aliphatic hydroxyl groups is 2. The summed E-state index contributed by atoms with van der Waals surface area (Å²) in [5.74, 6) is -0.632. The van der Waals surface area contributed by atoms with Crippen molar-refractivity contribution >= 4 is 11.9 Å². The molecule has 0 fully saturated rings. The number of carbonyl (C=O) groups is 2. The van der Waals surface area contributed by atoms with E-state index in [1.54, 1.807) is 0 Å². The van der Waals surface area contributed by atoms with E-state index in [0.717, 1.165) is 64.2 Å². The highest BCUT2D eigenvalue weighted by atomic mass is 16.5. The number of rotatable bonds is 41. The molecule has 6 heteroatoms. The average Bonchev–Trinajstić information content (AvgIpc) is 3.22. The van der Waals surface area contributed by atoms with Crippen LogP contribution in [-0.4, -0.2) is 46.9 Å². The number of unbranched alkanes of at least 4 members (excludes halogenated alkanes) is 21. The third-order valence-electron chi connectivity index (χ3n) is 10.4. The Bertz CT molecular complexity index is 1130. The van der Waals surface area contributed by atoms with Gasteiger partial charge in [-0.2, -0.15) is 0 Å². The molecule has 58 heavy (non-hydrogen) atoms. The van der Waals surface area contributed by atoms with Crippen molar-refractivity contribution in [1.82, 2.24) is 5.32 Å². The van der Waals surface area contributed by atoms with Gasteiger partial charge in [0.1, 0.15) is 6.10 Å². The molecule has 0 aliphatic carbocycles. The van der Waals surface area contributed by atoms with Crippen LogP contribution in [0.3, 0.4) is 0 Å². The zero-order chi connectivity index (χ0) is 42.4. The minimum absolute atomic E-state index is 0.0287. The van der Waals surface area contributed by atoms with Crippen molar-refractivity contribution in [3.63, 3.8) is 0 Å². The number of aliphatic hydroxyl groups excluding tert-OH is 2. The lowest BCUT2D eigenvalue weighted by Crippen LogP contribution is -2.46. The van der Waals surface area contributed by atoms with E-state index in [0.29, 0.717) is 19.3 Å². The number of hydrogen-bond acceptors (Lipinski definition) is 5. The Labute approximate surface area is 357 Å². The molecule has 3 atom stereocenters. The van der Waals surface area contributed by atoms with Crippen LogP contribution in [0, 0.1) is 0 Å². The molecule has 0 heterocycles. The maximum atomic E-state index is 13.1. The van der Waals surface area contributed by atoms with Crippen molar-refractivity contribution in [3.8, 4) is 0 Å². The van der Waals surface area contributed by atoms with Gasteiger partial charge in [0, 0.05) is 12.8 Å². The Hall–Kier alpha value is -2.96. The van der Waals surface area contributed by atoms with Crippen LogP contribution in [0.5, 0.6) is 0 Å². The van der Waals surface area contributed by atoms with Crippen LogP contribution in [0.2, 0.25) is 0 Å². The third-order valence-corrected chi connectivity index (χ3v) is 10.4. The first-order valence-corrected chi connectivity index (χ1v) is 23.9. The van der Waals surface area contributed by atoms with Gasteiger partial charge in [0.15, 0.2) is 0 Å². The van der Waals surface area contributed by atoms with E-state index in [4.69, 9.17) is 4.74 Å². The van der Waals surface area contributed by atoms with Gasteiger partial charge in [0.2, 0.25) is 5.91 Å². The van der Waals surface area contributed by atoms with E-state index >= 15 is 0 Å². The van der Waals surface area contributed by atoms with E-state index in [9.17, 15) is 19.8 Å². The molecular weight excluding hydrogens is 719 g/mol. The number of hydrogen-bond donors (Lipinski definition) is 3. The third kappa shape index (κ3) is 39.8. The molecule has 0 aromatic heterocycles. The largest absolute Gasteiger partial charge is 0.461 e. The lowest BCUT2D eigenvalue weighted by Gasteiger charge is -2.24. The quantitative estimate of drug-likeness (QED) is 0.0325. The highest BCUT2D eigenvalue weighted by Gasteiger charge is 2.23.